The summed E-state index contributed by atoms with van der Waals surface area (Å²) in [6, 6.07) is 5.24. The molecule has 0 saturated heterocycles. The standard InChI is InChI=1S/C14H15F5O2/c15-13(16)7-5-9(6-8-13)12(20)10-3-1-2-4-11(10)21-14(17,18)19/h1-4,9,12,20H,5-8H2. The average Bonchev–Trinajstić information content (AvgIpc) is 2.37. The first-order valence-electron chi connectivity index (χ1n) is 6.58. The van der Waals surface area contributed by atoms with Crippen molar-refractivity contribution in [2.24, 2.45) is 5.92 Å². The fraction of sp³-hybridized carbons (Fsp3) is 0.571. The Bertz CT molecular complexity index is 476. The number of halogens is 5. The Kier molecular flexibility index (Phi) is 4.41. The fourth-order valence-electron chi connectivity index (χ4n) is 2.57. The van der Waals surface area contributed by atoms with E-state index in [1.165, 1.54) is 18.2 Å². The second-order valence-electron chi connectivity index (χ2n) is 5.22. The SMILES string of the molecule is OC(c1ccccc1OC(F)(F)F)C1CCC(F)(F)CC1. The summed E-state index contributed by atoms with van der Waals surface area (Å²) in [7, 11) is 0. The summed E-state index contributed by atoms with van der Waals surface area (Å²) in [4.78, 5) is 0. The molecule has 0 bridgehead atoms. The van der Waals surface area contributed by atoms with Crippen molar-refractivity contribution in [3.05, 3.63) is 29.8 Å². The zero-order chi connectivity index (χ0) is 15.7. The van der Waals surface area contributed by atoms with Gasteiger partial charge in [0.15, 0.2) is 0 Å². The molecule has 7 heteroatoms. The Morgan fingerprint density at radius 2 is 1.71 bits per heavy atom. The highest BCUT2D eigenvalue weighted by Crippen LogP contribution is 2.43. The topological polar surface area (TPSA) is 29.5 Å². The average molecular weight is 310 g/mol. The van der Waals surface area contributed by atoms with Crippen molar-refractivity contribution >= 4 is 0 Å². The maximum Gasteiger partial charge on any atom is 0.573 e. The molecule has 1 fully saturated rings. The summed E-state index contributed by atoms with van der Waals surface area (Å²) in [5, 5.41) is 10.2. The van der Waals surface area contributed by atoms with Gasteiger partial charge in [-0.05, 0) is 24.8 Å². The molecule has 0 spiro atoms. The number of benzene rings is 1. The Labute approximate surface area is 118 Å². The predicted molar refractivity (Wildman–Crippen MR) is 65.0 cm³/mol. The highest BCUT2D eigenvalue weighted by atomic mass is 19.4. The third-order valence-electron chi connectivity index (χ3n) is 3.67. The number of hydrogen-bond donors (Lipinski definition) is 1. The van der Waals surface area contributed by atoms with E-state index in [0.29, 0.717) is 0 Å². The van der Waals surface area contributed by atoms with E-state index in [2.05, 4.69) is 4.74 Å². The number of rotatable bonds is 3. The second-order valence-corrected chi connectivity index (χ2v) is 5.22. The normalized spacial score (nSPS) is 21.0. The molecule has 0 amide bonds. The van der Waals surface area contributed by atoms with Gasteiger partial charge < -0.3 is 9.84 Å². The molecule has 1 aliphatic carbocycles. The van der Waals surface area contributed by atoms with Crippen LogP contribution in [0.5, 0.6) is 5.75 Å². The van der Waals surface area contributed by atoms with Crippen molar-refractivity contribution in [3.63, 3.8) is 0 Å². The van der Waals surface area contributed by atoms with E-state index in [4.69, 9.17) is 0 Å². The van der Waals surface area contributed by atoms with Crippen LogP contribution in [0.15, 0.2) is 24.3 Å². The van der Waals surface area contributed by atoms with Crippen LogP contribution in [0, 0.1) is 5.92 Å². The summed E-state index contributed by atoms with van der Waals surface area (Å²) in [6.45, 7) is 0. The molecule has 1 aromatic carbocycles. The first-order valence-corrected chi connectivity index (χ1v) is 6.58. The first kappa shape index (κ1) is 16.0. The molecule has 21 heavy (non-hydrogen) atoms. The minimum absolute atomic E-state index is 0.0231. The number of para-hydroxylation sites is 1. The van der Waals surface area contributed by atoms with Gasteiger partial charge in [-0.2, -0.15) is 0 Å². The smallest absolute Gasteiger partial charge is 0.405 e. The summed E-state index contributed by atoms with van der Waals surface area (Å²) in [5.41, 5.74) is -0.0231. The van der Waals surface area contributed by atoms with Crippen LogP contribution in [0.25, 0.3) is 0 Å². The van der Waals surface area contributed by atoms with Crippen LogP contribution in [0.3, 0.4) is 0 Å². The van der Waals surface area contributed by atoms with Gasteiger partial charge in [0.25, 0.3) is 0 Å². The molecule has 1 N–H and O–H groups in total. The van der Waals surface area contributed by atoms with Gasteiger partial charge >= 0.3 is 6.36 Å². The second kappa shape index (κ2) is 5.79. The molecule has 2 rings (SSSR count). The van der Waals surface area contributed by atoms with Crippen LogP contribution in [0.2, 0.25) is 0 Å². The van der Waals surface area contributed by atoms with E-state index in [-0.39, 0.29) is 31.2 Å². The predicted octanol–water partition coefficient (Wildman–Crippen LogP) is 4.44. The molecule has 1 atom stereocenters. The van der Waals surface area contributed by atoms with Crippen molar-refractivity contribution in [3.8, 4) is 5.75 Å². The third kappa shape index (κ3) is 4.30. The molecule has 0 heterocycles. The number of alkyl halides is 5. The van der Waals surface area contributed by atoms with E-state index < -0.39 is 30.1 Å². The lowest BCUT2D eigenvalue weighted by molar-refractivity contribution is -0.275. The van der Waals surface area contributed by atoms with E-state index in [1.54, 1.807) is 0 Å². The minimum atomic E-state index is -4.87. The largest absolute Gasteiger partial charge is 0.573 e. The molecule has 118 valence electrons. The van der Waals surface area contributed by atoms with Gasteiger partial charge in [0, 0.05) is 18.4 Å². The Morgan fingerprint density at radius 1 is 1.14 bits per heavy atom. The van der Waals surface area contributed by atoms with Crippen LogP contribution in [-0.4, -0.2) is 17.4 Å². The van der Waals surface area contributed by atoms with E-state index in [9.17, 15) is 27.1 Å². The van der Waals surface area contributed by atoms with Crippen molar-refractivity contribution in [1.29, 1.82) is 0 Å². The van der Waals surface area contributed by atoms with Gasteiger partial charge in [0.1, 0.15) is 5.75 Å². The Morgan fingerprint density at radius 3 is 2.29 bits per heavy atom. The number of hydrogen-bond acceptors (Lipinski definition) is 2. The highest BCUT2D eigenvalue weighted by molar-refractivity contribution is 5.35. The third-order valence-corrected chi connectivity index (χ3v) is 3.67. The molecule has 1 aliphatic rings. The molecule has 2 nitrogen and oxygen atoms in total. The van der Waals surface area contributed by atoms with Gasteiger partial charge in [-0.1, -0.05) is 18.2 Å². The maximum atomic E-state index is 13.1. The molecular formula is C14H15F5O2. The van der Waals surface area contributed by atoms with Crippen molar-refractivity contribution in [1.82, 2.24) is 0 Å². The van der Waals surface area contributed by atoms with Crippen LogP contribution in [0.4, 0.5) is 22.0 Å². The van der Waals surface area contributed by atoms with Gasteiger partial charge in [0.2, 0.25) is 5.92 Å². The van der Waals surface area contributed by atoms with E-state index >= 15 is 0 Å². The summed E-state index contributed by atoms with van der Waals surface area (Å²) in [6.07, 6.45) is -6.72. The molecule has 0 aromatic heterocycles. The van der Waals surface area contributed by atoms with Crippen LogP contribution in [0.1, 0.15) is 37.4 Å². The van der Waals surface area contributed by atoms with Crippen LogP contribution >= 0.6 is 0 Å². The molecule has 0 aliphatic heterocycles. The molecule has 0 radical (unpaired) electrons. The molecular weight excluding hydrogens is 295 g/mol. The van der Waals surface area contributed by atoms with Crippen molar-refractivity contribution in [2.75, 3.05) is 0 Å². The lowest BCUT2D eigenvalue weighted by Gasteiger charge is -2.32. The van der Waals surface area contributed by atoms with Crippen molar-refractivity contribution < 1.29 is 31.8 Å². The van der Waals surface area contributed by atoms with Crippen molar-refractivity contribution in [2.45, 2.75) is 44.1 Å². The zero-order valence-electron chi connectivity index (χ0n) is 11.0. The maximum absolute atomic E-state index is 13.1. The first-order chi connectivity index (χ1) is 9.68. The van der Waals surface area contributed by atoms with Gasteiger partial charge in [0.05, 0.1) is 6.10 Å². The Balaban J connectivity index is 2.14. The van der Waals surface area contributed by atoms with E-state index in [0.717, 1.165) is 6.07 Å². The number of aliphatic hydroxyl groups is 1. The number of aliphatic hydroxyl groups excluding tert-OH is 1. The lowest BCUT2D eigenvalue weighted by atomic mass is 9.81. The van der Waals surface area contributed by atoms with Crippen LogP contribution in [-0.2, 0) is 0 Å². The van der Waals surface area contributed by atoms with Gasteiger partial charge in [-0.3, -0.25) is 0 Å². The molecule has 1 saturated carbocycles. The van der Waals surface area contributed by atoms with Gasteiger partial charge in [-0.25, -0.2) is 8.78 Å². The molecule has 1 aromatic rings. The number of ether oxygens (including phenoxy) is 1. The quantitative estimate of drug-likeness (QED) is 0.836. The lowest BCUT2D eigenvalue weighted by Crippen LogP contribution is -2.28. The monoisotopic (exact) mass is 310 g/mol. The zero-order valence-corrected chi connectivity index (χ0v) is 11.0. The summed E-state index contributed by atoms with van der Waals surface area (Å²) in [5.74, 6) is -3.74. The van der Waals surface area contributed by atoms with E-state index in [1.807, 2.05) is 0 Å². The summed E-state index contributed by atoms with van der Waals surface area (Å²) >= 11 is 0. The van der Waals surface area contributed by atoms with Crippen LogP contribution < -0.4 is 4.74 Å². The highest BCUT2D eigenvalue weighted by Gasteiger charge is 2.39. The minimum Gasteiger partial charge on any atom is -0.405 e. The molecule has 1 unspecified atom stereocenters. The van der Waals surface area contributed by atoms with Gasteiger partial charge in [-0.15, -0.1) is 13.2 Å². The summed E-state index contributed by atoms with van der Waals surface area (Å²) < 4.78 is 67.0. The Hall–Kier alpha value is -1.37. The fourth-order valence-corrected chi connectivity index (χ4v) is 2.57.